The Kier molecular flexibility index (Phi) is 4.25. The first-order valence-electron chi connectivity index (χ1n) is 6.84. The van der Waals surface area contributed by atoms with Crippen molar-refractivity contribution in [2.45, 2.75) is 19.4 Å². The normalized spacial score (nSPS) is 18.2. The summed E-state index contributed by atoms with van der Waals surface area (Å²) in [6, 6.07) is 4.15. The molecule has 0 spiro atoms. The third-order valence-corrected chi connectivity index (χ3v) is 4.21. The molecule has 1 fully saturated rings. The number of nitrogens with zero attached hydrogens (tertiary/aromatic N) is 1. The number of likely N-dealkylation sites (tertiary alicyclic amines) is 1. The summed E-state index contributed by atoms with van der Waals surface area (Å²) in [5.41, 5.74) is 1.22. The zero-order valence-corrected chi connectivity index (χ0v) is 12.5. The molecular weight excluding hydrogens is 308 g/mol. The van der Waals surface area contributed by atoms with Crippen molar-refractivity contribution in [3.05, 3.63) is 22.2 Å². The second-order valence-corrected chi connectivity index (χ2v) is 5.89. The van der Waals surface area contributed by atoms with Crippen LogP contribution in [0.5, 0.6) is 11.5 Å². The van der Waals surface area contributed by atoms with Gasteiger partial charge in [-0.05, 0) is 59.6 Å². The fourth-order valence-electron chi connectivity index (χ4n) is 2.60. The zero-order chi connectivity index (χ0) is 13.1. The minimum Gasteiger partial charge on any atom is -0.454 e. The molecule has 1 aromatic rings. The van der Waals surface area contributed by atoms with Gasteiger partial charge in [-0.1, -0.05) is 0 Å². The van der Waals surface area contributed by atoms with Gasteiger partial charge in [-0.15, -0.1) is 0 Å². The van der Waals surface area contributed by atoms with Crippen molar-refractivity contribution >= 4 is 15.9 Å². The standard InChI is InChI=1S/C14H19BrN2O2/c15-12-7-11(8-13-14(12)19-10-18-13)9-16-3-6-17-4-1-2-5-17/h7-8,16H,1-6,9-10H2. The molecule has 0 radical (unpaired) electrons. The van der Waals surface area contributed by atoms with Gasteiger partial charge in [-0.3, -0.25) is 0 Å². The number of hydrogen-bond donors (Lipinski definition) is 1. The predicted octanol–water partition coefficient (Wildman–Crippen LogP) is 2.36. The quantitative estimate of drug-likeness (QED) is 0.842. The summed E-state index contributed by atoms with van der Waals surface area (Å²) in [4.78, 5) is 2.52. The maximum Gasteiger partial charge on any atom is 0.231 e. The van der Waals surface area contributed by atoms with E-state index in [4.69, 9.17) is 9.47 Å². The van der Waals surface area contributed by atoms with Gasteiger partial charge in [0.1, 0.15) is 0 Å². The zero-order valence-electron chi connectivity index (χ0n) is 11.0. The van der Waals surface area contributed by atoms with Gasteiger partial charge in [0.05, 0.1) is 4.47 Å². The molecule has 104 valence electrons. The highest BCUT2D eigenvalue weighted by molar-refractivity contribution is 9.10. The summed E-state index contributed by atoms with van der Waals surface area (Å²) in [5.74, 6) is 1.66. The van der Waals surface area contributed by atoms with Gasteiger partial charge in [0.15, 0.2) is 11.5 Å². The Morgan fingerprint density at radius 2 is 2.05 bits per heavy atom. The highest BCUT2D eigenvalue weighted by atomic mass is 79.9. The van der Waals surface area contributed by atoms with Crippen LogP contribution in [0.2, 0.25) is 0 Å². The van der Waals surface area contributed by atoms with Crippen molar-refractivity contribution < 1.29 is 9.47 Å². The smallest absolute Gasteiger partial charge is 0.231 e. The highest BCUT2D eigenvalue weighted by Crippen LogP contribution is 2.39. The van der Waals surface area contributed by atoms with E-state index in [1.807, 2.05) is 0 Å². The Balaban J connectivity index is 1.48. The SMILES string of the molecule is Brc1cc(CNCCN2CCCC2)cc2c1OCO2. The number of nitrogens with one attached hydrogen (secondary N) is 1. The number of halogens is 1. The van der Waals surface area contributed by atoms with E-state index in [2.05, 4.69) is 38.3 Å². The molecule has 2 aliphatic rings. The molecule has 0 aliphatic carbocycles. The van der Waals surface area contributed by atoms with E-state index in [0.717, 1.165) is 35.6 Å². The van der Waals surface area contributed by atoms with Crippen LogP contribution in [0.25, 0.3) is 0 Å². The van der Waals surface area contributed by atoms with Crippen LogP contribution in [-0.2, 0) is 6.54 Å². The first-order chi connectivity index (χ1) is 9.33. The molecule has 0 saturated carbocycles. The largest absolute Gasteiger partial charge is 0.454 e. The number of benzene rings is 1. The minimum absolute atomic E-state index is 0.319. The van der Waals surface area contributed by atoms with Crippen LogP contribution in [0.4, 0.5) is 0 Å². The molecule has 4 nitrogen and oxygen atoms in total. The van der Waals surface area contributed by atoms with Crippen molar-refractivity contribution in [3.8, 4) is 11.5 Å². The molecule has 5 heteroatoms. The summed E-state index contributed by atoms with van der Waals surface area (Å²) in [6.45, 7) is 5.88. The lowest BCUT2D eigenvalue weighted by Crippen LogP contribution is -2.29. The van der Waals surface area contributed by atoms with Gasteiger partial charge in [0, 0.05) is 19.6 Å². The molecule has 1 aromatic carbocycles. The molecule has 0 amide bonds. The van der Waals surface area contributed by atoms with Crippen LogP contribution in [0.15, 0.2) is 16.6 Å². The van der Waals surface area contributed by atoms with E-state index in [1.165, 1.54) is 31.5 Å². The monoisotopic (exact) mass is 326 g/mol. The fourth-order valence-corrected chi connectivity index (χ4v) is 3.20. The van der Waals surface area contributed by atoms with Crippen LogP contribution >= 0.6 is 15.9 Å². The summed E-state index contributed by atoms with van der Waals surface area (Å²) in [5, 5.41) is 3.49. The predicted molar refractivity (Wildman–Crippen MR) is 77.6 cm³/mol. The van der Waals surface area contributed by atoms with Crippen LogP contribution in [-0.4, -0.2) is 37.9 Å². The van der Waals surface area contributed by atoms with Crippen molar-refractivity contribution in [1.82, 2.24) is 10.2 Å². The van der Waals surface area contributed by atoms with Gasteiger partial charge in [0.2, 0.25) is 6.79 Å². The summed E-state index contributed by atoms with van der Waals surface area (Å²) >= 11 is 3.52. The van der Waals surface area contributed by atoms with Gasteiger partial charge in [0.25, 0.3) is 0 Å². The lowest BCUT2D eigenvalue weighted by Gasteiger charge is -2.14. The number of fused-ring (bicyclic) bond motifs is 1. The van der Waals surface area contributed by atoms with E-state index < -0.39 is 0 Å². The van der Waals surface area contributed by atoms with E-state index in [-0.39, 0.29) is 0 Å². The number of hydrogen-bond acceptors (Lipinski definition) is 4. The van der Waals surface area contributed by atoms with E-state index in [0.29, 0.717) is 6.79 Å². The summed E-state index contributed by atoms with van der Waals surface area (Å²) in [6.07, 6.45) is 2.71. The average molecular weight is 327 g/mol. The van der Waals surface area contributed by atoms with Gasteiger partial charge >= 0.3 is 0 Å². The molecule has 19 heavy (non-hydrogen) atoms. The molecule has 0 bridgehead atoms. The van der Waals surface area contributed by atoms with Crippen molar-refractivity contribution in [3.63, 3.8) is 0 Å². The second kappa shape index (κ2) is 6.11. The maximum absolute atomic E-state index is 5.42. The molecule has 2 heterocycles. The molecule has 1 N–H and O–H groups in total. The van der Waals surface area contributed by atoms with Crippen LogP contribution in [0, 0.1) is 0 Å². The highest BCUT2D eigenvalue weighted by Gasteiger charge is 2.17. The van der Waals surface area contributed by atoms with Crippen LogP contribution < -0.4 is 14.8 Å². The summed E-state index contributed by atoms with van der Waals surface area (Å²) < 4.78 is 11.8. The van der Waals surface area contributed by atoms with Gasteiger partial charge < -0.3 is 19.7 Å². The van der Waals surface area contributed by atoms with Crippen LogP contribution in [0.3, 0.4) is 0 Å². The van der Waals surface area contributed by atoms with Crippen molar-refractivity contribution in [1.29, 1.82) is 0 Å². The number of rotatable bonds is 5. The average Bonchev–Trinajstić information content (AvgIpc) is 3.05. The Hall–Kier alpha value is -0.780. The van der Waals surface area contributed by atoms with E-state index >= 15 is 0 Å². The van der Waals surface area contributed by atoms with E-state index in [9.17, 15) is 0 Å². The first-order valence-corrected chi connectivity index (χ1v) is 7.63. The molecule has 2 aliphatic heterocycles. The fraction of sp³-hybridized carbons (Fsp3) is 0.571. The maximum atomic E-state index is 5.42. The lowest BCUT2D eigenvalue weighted by molar-refractivity contribution is 0.173. The number of ether oxygens (including phenoxy) is 2. The molecule has 0 aromatic heterocycles. The van der Waals surface area contributed by atoms with E-state index in [1.54, 1.807) is 0 Å². The van der Waals surface area contributed by atoms with Crippen LogP contribution in [0.1, 0.15) is 18.4 Å². The van der Waals surface area contributed by atoms with Gasteiger partial charge in [-0.2, -0.15) is 0 Å². The first kappa shape index (κ1) is 13.2. The Morgan fingerprint density at radius 3 is 2.89 bits per heavy atom. The summed E-state index contributed by atoms with van der Waals surface area (Å²) in [7, 11) is 0. The van der Waals surface area contributed by atoms with Crippen molar-refractivity contribution in [2.75, 3.05) is 33.0 Å². The Labute approximate surface area is 122 Å². The second-order valence-electron chi connectivity index (χ2n) is 5.04. The third kappa shape index (κ3) is 3.22. The van der Waals surface area contributed by atoms with Gasteiger partial charge in [-0.25, -0.2) is 0 Å². The molecular formula is C14H19BrN2O2. The van der Waals surface area contributed by atoms with Crippen molar-refractivity contribution in [2.24, 2.45) is 0 Å². The Morgan fingerprint density at radius 1 is 1.21 bits per heavy atom. The topological polar surface area (TPSA) is 33.7 Å². The molecule has 0 unspecified atom stereocenters. The minimum atomic E-state index is 0.319. The molecule has 0 atom stereocenters. The Bertz CT molecular complexity index is 447. The molecule has 3 rings (SSSR count). The third-order valence-electron chi connectivity index (χ3n) is 3.62. The molecule has 1 saturated heterocycles. The lowest BCUT2D eigenvalue weighted by atomic mass is 10.2.